The number of carbonyl (C=O) groups excluding carboxylic acids is 3. The number of anilines is 2. The molecule has 3 amide bonds. The Hall–Kier alpha value is -4.70. The molecule has 0 unspecified atom stereocenters. The Balaban J connectivity index is 1.27. The van der Waals surface area contributed by atoms with E-state index in [1.165, 1.54) is 18.2 Å². The third kappa shape index (κ3) is 3.02. The molecule has 9 nitrogen and oxygen atoms in total. The van der Waals surface area contributed by atoms with Crippen molar-refractivity contribution in [3.05, 3.63) is 83.8 Å². The van der Waals surface area contributed by atoms with Gasteiger partial charge in [-0.05, 0) is 48.4 Å². The van der Waals surface area contributed by atoms with Gasteiger partial charge in [-0.3, -0.25) is 19.7 Å². The number of imide groups is 1. The van der Waals surface area contributed by atoms with E-state index in [1.54, 1.807) is 18.2 Å². The molecule has 8 rings (SSSR count). The standard InChI is InChI=1S/C30H23FN4O5/c31-16-5-7-21-19(12-16)30(29(38)33-21)26-25(22(34-30)11-15-14-32-20-4-2-1-3-18(15)20)27(36)35(28(26)37)17-6-8-23-24(13-17)40-10-9-39-23/h1-8,12-14,22,25-26,32,34H,9-11H2,(H,33,38)/t22-,25-,26+,30+/m1/s1. The number of aromatic nitrogens is 1. The molecule has 40 heavy (non-hydrogen) atoms. The number of hydrogen-bond donors (Lipinski definition) is 3. The predicted molar refractivity (Wildman–Crippen MR) is 143 cm³/mol. The van der Waals surface area contributed by atoms with Crippen molar-refractivity contribution < 1.29 is 28.2 Å². The zero-order chi connectivity index (χ0) is 27.2. The van der Waals surface area contributed by atoms with E-state index in [9.17, 15) is 18.8 Å². The smallest absolute Gasteiger partial charge is 0.250 e. The van der Waals surface area contributed by atoms with Crippen LogP contribution in [0.3, 0.4) is 0 Å². The second-order valence-corrected chi connectivity index (χ2v) is 10.6. The molecule has 2 saturated heterocycles. The molecule has 0 radical (unpaired) electrons. The lowest BCUT2D eigenvalue weighted by Gasteiger charge is -2.30. The zero-order valence-electron chi connectivity index (χ0n) is 21.1. The first-order chi connectivity index (χ1) is 19.5. The van der Waals surface area contributed by atoms with E-state index in [2.05, 4.69) is 15.6 Å². The monoisotopic (exact) mass is 538 g/mol. The van der Waals surface area contributed by atoms with E-state index in [0.717, 1.165) is 21.4 Å². The number of carbonyl (C=O) groups is 3. The number of aromatic amines is 1. The van der Waals surface area contributed by atoms with Gasteiger partial charge in [0.15, 0.2) is 11.5 Å². The summed E-state index contributed by atoms with van der Waals surface area (Å²) in [5, 5.41) is 7.19. The zero-order valence-corrected chi connectivity index (χ0v) is 21.1. The van der Waals surface area contributed by atoms with E-state index in [1.807, 2.05) is 30.5 Å². The molecule has 1 spiro atoms. The van der Waals surface area contributed by atoms with Gasteiger partial charge in [0.25, 0.3) is 0 Å². The van der Waals surface area contributed by atoms with Crippen molar-refractivity contribution in [2.75, 3.05) is 23.4 Å². The molecular formula is C30H23FN4O5. The van der Waals surface area contributed by atoms with Crippen molar-refractivity contribution >= 4 is 40.0 Å². The Bertz CT molecular complexity index is 1770. The summed E-state index contributed by atoms with van der Waals surface area (Å²) >= 11 is 0. The molecule has 4 aromatic rings. The van der Waals surface area contributed by atoms with Crippen molar-refractivity contribution in [1.82, 2.24) is 10.3 Å². The van der Waals surface area contributed by atoms with Crippen molar-refractivity contribution in [2.24, 2.45) is 11.8 Å². The summed E-state index contributed by atoms with van der Waals surface area (Å²) in [6.45, 7) is 0.763. The minimum atomic E-state index is -1.60. The van der Waals surface area contributed by atoms with Crippen LogP contribution < -0.4 is 25.0 Å². The summed E-state index contributed by atoms with van der Waals surface area (Å²) in [7, 11) is 0. The van der Waals surface area contributed by atoms with Gasteiger partial charge in [-0.25, -0.2) is 9.29 Å². The summed E-state index contributed by atoms with van der Waals surface area (Å²) in [6, 6.07) is 16.2. The highest BCUT2D eigenvalue weighted by Crippen LogP contribution is 2.54. The minimum Gasteiger partial charge on any atom is -0.486 e. The van der Waals surface area contributed by atoms with E-state index >= 15 is 0 Å². The van der Waals surface area contributed by atoms with E-state index in [-0.39, 0.29) is 0 Å². The van der Waals surface area contributed by atoms with Crippen LogP contribution in [0.4, 0.5) is 15.8 Å². The van der Waals surface area contributed by atoms with E-state index in [4.69, 9.17) is 9.47 Å². The molecule has 0 bridgehead atoms. The van der Waals surface area contributed by atoms with Crippen LogP contribution in [0, 0.1) is 17.7 Å². The number of halogens is 1. The summed E-state index contributed by atoms with van der Waals surface area (Å²) in [5.74, 6) is -2.92. The Morgan fingerprint density at radius 3 is 2.65 bits per heavy atom. The lowest BCUT2D eigenvalue weighted by atomic mass is 9.76. The van der Waals surface area contributed by atoms with Gasteiger partial charge < -0.3 is 19.8 Å². The van der Waals surface area contributed by atoms with Gasteiger partial charge in [0.2, 0.25) is 17.7 Å². The van der Waals surface area contributed by atoms with Gasteiger partial charge in [0, 0.05) is 40.5 Å². The van der Waals surface area contributed by atoms with Crippen LogP contribution in [0.25, 0.3) is 10.9 Å². The fourth-order valence-corrected chi connectivity index (χ4v) is 6.91. The number of hydrogen-bond acceptors (Lipinski definition) is 6. The first kappa shape index (κ1) is 23.2. The topological polar surface area (TPSA) is 113 Å². The van der Waals surface area contributed by atoms with Crippen LogP contribution in [0.15, 0.2) is 66.9 Å². The molecule has 5 heterocycles. The Kier molecular flexibility index (Phi) is 4.73. The maximum absolute atomic E-state index is 14.6. The number of ether oxygens (including phenoxy) is 2. The average Bonchev–Trinajstić information content (AvgIpc) is 3.67. The van der Waals surface area contributed by atoms with Crippen LogP contribution in [-0.4, -0.2) is 42.0 Å². The molecule has 3 aromatic carbocycles. The second-order valence-electron chi connectivity index (χ2n) is 10.6. The number of H-pyrrole nitrogens is 1. The van der Waals surface area contributed by atoms with Crippen LogP contribution in [0.1, 0.15) is 11.1 Å². The third-order valence-corrected chi connectivity index (χ3v) is 8.58. The first-order valence-corrected chi connectivity index (χ1v) is 13.2. The predicted octanol–water partition coefficient (Wildman–Crippen LogP) is 3.25. The fraction of sp³-hybridized carbons (Fsp3) is 0.233. The SMILES string of the molecule is O=C1[C@H]2[C@@H](C(=O)N1c1ccc3c(c1)OCCO3)[C@]1(N[C@@H]2Cc2c[nH]c3ccccc23)C(=O)Nc2ccc(F)cc21. The van der Waals surface area contributed by atoms with Crippen LogP contribution >= 0.6 is 0 Å². The molecule has 200 valence electrons. The number of nitrogens with zero attached hydrogens (tertiary/aromatic N) is 1. The van der Waals surface area contributed by atoms with Crippen molar-refractivity contribution in [1.29, 1.82) is 0 Å². The van der Waals surface area contributed by atoms with Crippen LogP contribution in [0.2, 0.25) is 0 Å². The Morgan fingerprint density at radius 2 is 1.77 bits per heavy atom. The number of para-hydroxylation sites is 1. The number of nitrogens with one attached hydrogen (secondary N) is 3. The molecule has 1 aromatic heterocycles. The summed E-state index contributed by atoms with van der Waals surface area (Å²) in [5.41, 5.74) is 1.38. The molecule has 10 heteroatoms. The number of fused-ring (bicyclic) bond motifs is 6. The third-order valence-electron chi connectivity index (χ3n) is 8.58. The van der Waals surface area contributed by atoms with Crippen molar-refractivity contribution in [3.63, 3.8) is 0 Å². The minimum absolute atomic E-state index is 0.333. The van der Waals surface area contributed by atoms with Gasteiger partial charge in [-0.15, -0.1) is 0 Å². The van der Waals surface area contributed by atoms with Gasteiger partial charge in [0.1, 0.15) is 24.6 Å². The summed E-state index contributed by atoms with van der Waals surface area (Å²) in [4.78, 5) is 46.5. The molecule has 4 atom stereocenters. The van der Waals surface area contributed by atoms with E-state index < -0.39 is 47.0 Å². The van der Waals surface area contributed by atoms with Gasteiger partial charge >= 0.3 is 0 Å². The second kappa shape index (κ2) is 8.15. The maximum atomic E-state index is 14.6. The number of amides is 3. The van der Waals surface area contributed by atoms with Gasteiger partial charge in [-0.2, -0.15) is 0 Å². The molecule has 0 aliphatic carbocycles. The average molecular weight is 539 g/mol. The largest absolute Gasteiger partial charge is 0.486 e. The summed E-state index contributed by atoms with van der Waals surface area (Å²) in [6.07, 6.45) is 2.26. The lowest BCUT2D eigenvalue weighted by Crippen LogP contribution is -2.53. The Morgan fingerprint density at radius 1 is 0.950 bits per heavy atom. The van der Waals surface area contributed by atoms with Crippen molar-refractivity contribution in [3.8, 4) is 11.5 Å². The molecule has 0 saturated carbocycles. The van der Waals surface area contributed by atoms with Gasteiger partial charge in [0.05, 0.1) is 17.5 Å². The molecule has 4 aliphatic heterocycles. The van der Waals surface area contributed by atoms with Crippen LogP contribution in [0.5, 0.6) is 11.5 Å². The molecule has 4 aliphatic rings. The number of rotatable bonds is 3. The lowest BCUT2D eigenvalue weighted by molar-refractivity contribution is -0.130. The quantitative estimate of drug-likeness (QED) is 0.346. The number of benzene rings is 3. The van der Waals surface area contributed by atoms with Crippen molar-refractivity contribution in [2.45, 2.75) is 18.0 Å². The molecule has 2 fully saturated rings. The van der Waals surface area contributed by atoms with Gasteiger partial charge in [-0.1, -0.05) is 18.2 Å². The normalized spacial score (nSPS) is 26.5. The first-order valence-electron chi connectivity index (χ1n) is 13.2. The van der Waals surface area contributed by atoms with E-state index in [0.29, 0.717) is 48.1 Å². The fourth-order valence-electron chi connectivity index (χ4n) is 6.91. The summed E-state index contributed by atoms with van der Waals surface area (Å²) < 4.78 is 25.9. The molecular weight excluding hydrogens is 515 g/mol. The maximum Gasteiger partial charge on any atom is 0.250 e. The highest BCUT2D eigenvalue weighted by molar-refractivity contribution is 6.26. The highest BCUT2D eigenvalue weighted by atomic mass is 19.1. The van der Waals surface area contributed by atoms with Crippen LogP contribution in [-0.2, 0) is 26.3 Å². The Labute approximate surface area is 227 Å². The highest BCUT2D eigenvalue weighted by Gasteiger charge is 2.70. The molecule has 3 N–H and O–H groups in total.